The second-order valence-corrected chi connectivity index (χ2v) is 8.95. The summed E-state index contributed by atoms with van der Waals surface area (Å²) in [6.45, 7) is 11.8. The van der Waals surface area contributed by atoms with E-state index in [9.17, 15) is 4.79 Å². The zero-order valence-electron chi connectivity index (χ0n) is 17.1. The minimum absolute atomic E-state index is 0.0519. The molecule has 3 nitrogen and oxygen atoms in total. The number of aryl methyl sites for hydroxylation is 2. The van der Waals surface area contributed by atoms with Crippen molar-refractivity contribution < 1.29 is 9.53 Å². The van der Waals surface area contributed by atoms with E-state index in [1.165, 1.54) is 22.3 Å². The van der Waals surface area contributed by atoms with Gasteiger partial charge in [-0.05, 0) is 42.5 Å². The summed E-state index contributed by atoms with van der Waals surface area (Å²) in [6.07, 6.45) is 0. The van der Waals surface area contributed by atoms with Crippen LogP contribution in [0, 0.1) is 13.8 Å². The minimum atomic E-state index is 0.0519. The van der Waals surface area contributed by atoms with Gasteiger partial charge in [-0.1, -0.05) is 62.2 Å². The molecule has 0 aromatic heterocycles. The van der Waals surface area contributed by atoms with Crippen LogP contribution in [0.4, 0.5) is 0 Å². The van der Waals surface area contributed by atoms with E-state index in [1.54, 1.807) is 11.8 Å². The van der Waals surface area contributed by atoms with E-state index in [4.69, 9.17) is 4.74 Å². The lowest BCUT2D eigenvalue weighted by molar-refractivity contribution is -0.118. The van der Waals surface area contributed by atoms with Crippen molar-refractivity contribution in [2.45, 2.75) is 45.8 Å². The lowest BCUT2D eigenvalue weighted by atomic mass is 9.87. The molecule has 2 aromatic rings. The van der Waals surface area contributed by atoms with Crippen LogP contribution in [0.25, 0.3) is 0 Å². The topological polar surface area (TPSA) is 38.3 Å². The van der Waals surface area contributed by atoms with Crippen LogP contribution >= 0.6 is 11.8 Å². The summed E-state index contributed by atoms with van der Waals surface area (Å²) in [5.41, 5.74) is 5.23. The number of hydrogen-bond donors (Lipinski definition) is 1. The first-order valence-corrected chi connectivity index (χ1v) is 10.5. The number of carbonyl (C=O) groups excluding carboxylic acids is 1. The summed E-state index contributed by atoms with van der Waals surface area (Å²) in [5.74, 6) is 2.21. The Morgan fingerprint density at radius 2 is 1.67 bits per heavy atom. The molecular formula is C23H31NO2S. The predicted molar refractivity (Wildman–Crippen MR) is 116 cm³/mol. The molecule has 27 heavy (non-hydrogen) atoms. The molecule has 2 rings (SSSR count). The first kappa shape index (κ1) is 21.4. The molecule has 0 saturated heterocycles. The van der Waals surface area contributed by atoms with Crippen LogP contribution < -0.4 is 10.1 Å². The van der Waals surface area contributed by atoms with Gasteiger partial charge in [0.2, 0.25) is 5.91 Å². The Hall–Kier alpha value is -1.94. The molecule has 1 amide bonds. The Kier molecular flexibility index (Phi) is 7.78. The Bertz CT molecular complexity index is 728. The predicted octanol–water partition coefficient (Wildman–Crippen LogP) is 5.03. The molecular weight excluding hydrogens is 354 g/mol. The Morgan fingerprint density at radius 1 is 1.04 bits per heavy atom. The Morgan fingerprint density at radius 3 is 2.26 bits per heavy atom. The van der Waals surface area contributed by atoms with E-state index in [-0.39, 0.29) is 11.3 Å². The van der Waals surface area contributed by atoms with Crippen molar-refractivity contribution in [3.05, 3.63) is 64.7 Å². The maximum absolute atomic E-state index is 11.9. The molecule has 0 aliphatic rings. The summed E-state index contributed by atoms with van der Waals surface area (Å²) in [7, 11) is 0. The van der Waals surface area contributed by atoms with Crippen LogP contribution in [0.1, 0.15) is 43.0 Å². The molecule has 0 saturated carbocycles. The highest BCUT2D eigenvalue weighted by Crippen LogP contribution is 2.24. The van der Waals surface area contributed by atoms with Gasteiger partial charge in [0.15, 0.2) is 0 Å². The summed E-state index contributed by atoms with van der Waals surface area (Å²) in [4.78, 5) is 11.9. The Labute approximate surface area is 167 Å². The molecule has 0 spiro atoms. The van der Waals surface area contributed by atoms with E-state index in [2.05, 4.69) is 70.3 Å². The van der Waals surface area contributed by atoms with Gasteiger partial charge in [-0.25, -0.2) is 0 Å². The fourth-order valence-corrected chi connectivity index (χ4v) is 3.67. The molecule has 0 aliphatic heterocycles. The third kappa shape index (κ3) is 7.67. The van der Waals surface area contributed by atoms with Crippen LogP contribution in [-0.2, 0) is 16.0 Å². The van der Waals surface area contributed by atoms with Crippen molar-refractivity contribution in [2.75, 3.05) is 18.9 Å². The summed E-state index contributed by atoms with van der Waals surface area (Å²) >= 11 is 1.64. The normalized spacial score (nSPS) is 11.3. The van der Waals surface area contributed by atoms with E-state index in [0.717, 1.165) is 11.5 Å². The second-order valence-electron chi connectivity index (χ2n) is 7.96. The molecule has 0 heterocycles. The van der Waals surface area contributed by atoms with Crippen LogP contribution in [0.5, 0.6) is 5.75 Å². The first-order chi connectivity index (χ1) is 12.7. The highest BCUT2D eigenvalue weighted by molar-refractivity contribution is 7.99. The van der Waals surface area contributed by atoms with Gasteiger partial charge in [0, 0.05) is 5.75 Å². The molecule has 0 fully saturated rings. The summed E-state index contributed by atoms with van der Waals surface area (Å²) < 4.78 is 5.70. The van der Waals surface area contributed by atoms with Gasteiger partial charge in [0.1, 0.15) is 12.4 Å². The lowest BCUT2D eigenvalue weighted by Crippen LogP contribution is -2.29. The number of amides is 1. The van der Waals surface area contributed by atoms with Crippen molar-refractivity contribution in [3.63, 3.8) is 0 Å². The summed E-state index contributed by atoms with van der Waals surface area (Å²) in [5, 5.41) is 2.91. The summed E-state index contributed by atoms with van der Waals surface area (Å²) in [6, 6.07) is 14.7. The SMILES string of the molecule is Cc1cc(C)cc(CSCC(=O)NCCOc2ccc(C(C)(C)C)cc2)c1. The molecule has 4 heteroatoms. The van der Waals surface area contributed by atoms with E-state index >= 15 is 0 Å². The number of carbonyl (C=O) groups is 1. The van der Waals surface area contributed by atoms with Crippen molar-refractivity contribution in [1.82, 2.24) is 5.32 Å². The van der Waals surface area contributed by atoms with Crippen LogP contribution in [0.2, 0.25) is 0 Å². The van der Waals surface area contributed by atoms with Crippen molar-refractivity contribution in [3.8, 4) is 5.75 Å². The maximum Gasteiger partial charge on any atom is 0.230 e. The maximum atomic E-state index is 11.9. The molecule has 0 bridgehead atoms. The largest absolute Gasteiger partial charge is 0.492 e. The van der Waals surface area contributed by atoms with E-state index in [1.807, 2.05) is 12.1 Å². The fraction of sp³-hybridized carbons (Fsp3) is 0.435. The Balaban J connectivity index is 1.63. The van der Waals surface area contributed by atoms with Crippen LogP contribution in [-0.4, -0.2) is 24.8 Å². The van der Waals surface area contributed by atoms with Crippen molar-refractivity contribution in [2.24, 2.45) is 0 Å². The third-order valence-electron chi connectivity index (χ3n) is 4.20. The smallest absolute Gasteiger partial charge is 0.230 e. The fourth-order valence-electron chi connectivity index (χ4n) is 2.88. The zero-order chi connectivity index (χ0) is 19.9. The number of thioether (sulfide) groups is 1. The van der Waals surface area contributed by atoms with Gasteiger partial charge in [0.25, 0.3) is 0 Å². The monoisotopic (exact) mass is 385 g/mol. The van der Waals surface area contributed by atoms with Crippen LogP contribution in [0.3, 0.4) is 0 Å². The lowest BCUT2D eigenvalue weighted by Gasteiger charge is -2.19. The average molecular weight is 386 g/mol. The van der Waals surface area contributed by atoms with Gasteiger partial charge < -0.3 is 10.1 Å². The number of benzene rings is 2. The van der Waals surface area contributed by atoms with Gasteiger partial charge in [-0.3, -0.25) is 4.79 Å². The molecule has 0 aliphatic carbocycles. The molecule has 2 aromatic carbocycles. The quantitative estimate of drug-likeness (QED) is 0.648. The average Bonchev–Trinajstić information content (AvgIpc) is 2.57. The van der Waals surface area contributed by atoms with Crippen molar-refractivity contribution in [1.29, 1.82) is 0 Å². The number of rotatable bonds is 8. The minimum Gasteiger partial charge on any atom is -0.492 e. The van der Waals surface area contributed by atoms with Crippen molar-refractivity contribution >= 4 is 17.7 Å². The number of nitrogens with one attached hydrogen (secondary N) is 1. The highest BCUT2D eigenvalue weighted by atomic mass is 32.2. The first-order valence-electron chi connectivity index (χ1n) is 9.39. The molecule has 0 atom stereocenters. The van der Waals surface area contributed by atoms with Gasteiger partial charge in [-0.2, -0.15) is 0 Å². The van der Waals surface area contributed by atoms with E-state index in [0.29, 0.717) is 18.9 Å². The molecule has 0 radical (unpaired) electrons. The molecule has 146 valence electrons. The molecule has 0 unspecified atom stereocenters. The van der Waals surface area contributed by atoms with Crippen LogP contribution in [0.15, 0.2) is 42.5 Å². The third-order valence-corrected chi connectivity index (χ3v) is 5.20. The second kappa shape index (κ2) is 9.84. The zero-order valence-corrected chi connectivity index (χ0v) is 17.9. The van der Waals surface area contributed by atoms with Gasteiger partial charge >= 0.3 is 0 Å². The van der Waals surface area contributed by atoms with E-state index < -0.39 is 0 Å². The highest BCUT2D eigenvalue weighted by Gasteiger charge is 2.12. The number of hydrogen-bond acceptors (Lipinski definition) is 3. The molecule has 1 N–H and O–H groups in total. The number of ether oxygens (including phenoxy) is 1. The van der Waals surface area contributed by atoms with Gasteiger partial charge in [0.05, 0.1) is 12.3 Å². The van der Waals surface area contributed by atoms with Gasteiger partial charge in [-0.15, -0.1) is 11.8 Å². The standard InChI is InChI=1S/C23H31NO2S/c1-17-12-18(2)14-19(13-17)15-27-16-22(25)24-10-11-26-21-8-6-20(7-9-21)23(3,4)5/h6-9,12-14H,10-11,15-16H2,1-5H3,(H,24,25).